The topological polar surface area (TPSA) is 91.1 Å². The molecule has 3 aromatic carbocycles. The zero-order valence-corrected chi connectivity index (χ0v) is 20.2. The average molecular weight is 477 g/mol. The first kappa shape index (κ1) is 24.1. The molecule has 0 saturated carbocycles. The Balaban J connectivity index is 1.75. The Morgan fingerprint density at radius 3 is 2.34 bits per heavy atom. The molecule has 0 fully saturated rings. The van der Waals surface area contributed by atoms with Crippen LogP contribution >= 0.6 is 0 Å². The van der Waals surface area contributed by atoms with Gasteiger partial charge in [-0.15, -0.1) is 0 Å². The molecule has 1 atom stereocenters. The van der Waals surface area contributed by atoms with Crippen LogP contribution in [0.25, 0.3) is 0 Å². The maximum absolute atomic E-state index is 13.7. The van der Waals surface area contributed by atoms with Gasteiger partial charge in [-0.3, -0.25) is 14.9 Å². The molecule has 0 aromatic heterocycles. The van der Waals surface area contributed by atoms with Crippen molar-refractivity contribution < 1.29 is 23.9 Å². The third-order valence-electron chi connectivity index (χ3n) is 6.20. The van der Waals surface area contributed by atoms with Crippen LogP contribution in [0.15, 0.2) is 54.6 Å². The molecule has 1 heterocycles. The zero-order valence-electron chi connectivity index (χ0n) is 20.2. The Hall–Kier alpha value is -4.07. The molecular weight excluding hydrogens is 448 g/mol. The highest BCUT2D eigenvalue weighted by Gasteiger charge is 2.35. The van der Waals surface area contributed by atoms with E-state index in [-0.39, 0.29) is 17.9 Å². The smallest absolute Gasteiger partial charge is 0.282 e. The highest BCUT2D eigenvalue weighted by molar-refractivity contribution is 5.98. The van der Waals surface area contributed by atoms with Crippen LogP contribution < -0.4 is 14.2 Å². The second-order valence-electron chi connectivity index (χ2n) is 8.58. The third-order valence-corrected chi connectivity index (χ3v) is 6.20. The van der Waals surface area contributed by atoms with Gasteiger partial charge in [0, 0.05) is 12.6 Å². The van der Waals surface area contributed by atoms with Crippen molar-refractivity contribution in [3.05, 3.63) is 92.5 Å². The number of para-hydroxylation sites is 1. The lowest BCUT2D eigenvalue weighted by atomic mass is 9.91. The number of amides is 1. The lowest BCUT2D eigenvalue weighted by Gasteiger charge is -2.37. The lowest BCUT2D eigenvalue weighted by Crippen LogP contribution is -2.42. The van der Waals surface area contributed by atoms with E-state index in [1.807, 2.05) is 38.1 Å². The van der Waals surface area contributed by atoms with Gasteiger partial charge < -0.3 is 19.1 Å². The van der Waals surface area contributed by atoms with E-state index in [4.69, 9.17) is 14.2 Å². The van der Waals surface area contributed by atoms with Crippen LogP contribution in [0.3, 0.4) is 0 Å². The fraction of sp³-hybridized carbons (Fsp3) is 0.296. The predicted molar refractivity (Wildman–Crippen MR) is 132 cm³/mol. The number of nitro benzene ring substituents is 1. The van der Waals surface area contributed by atoms with E-state index in [1.54, 1.807) is 31.3 Å². The number of fused-ring (bicyclic) bond motifs is 1. The fourth-order valence-electron chi connectivity index (χ4n) is 4.61. The molecule has 35 heavy (non-hydrogen) atoms. The number of benzene rings is 3. The standard InChI is InChI=1S/C27H28N2O6/c1-17-11-18(2)13-20(12-17)35-16-24-22-15-26(34-4)25(33-3)14-19(22)9-10-28(24)27(30)21-7-5-6-8-23(21)29(31)32/h5-8,11-15,24H,9-10,16H2,1-4H3/t24-/m0/s1. The van der Waals surface area contributed by atoms with Crippen molar-refractivity contribution in [2.75, 3.05) is 27.4 Å². The predicted octanol–water partition coefficient (Wildman–Crippen LogP) is 5.05. The number of hydrogen-bond acceptors (Lipinski definition) is 6. The number of carbonyl (C=O) groups excluding carboxylic acids is 1. The maximum atomic E-state index is 13.7. The molecule has 182 valence electrons. The van der Waals surface area contributed by atoms with E-state index in [2.05, 4.69) is 6.07 Å². The van der Waals surface area contributed by atoms with Crippen LogP contribution in [0.2, 0.25) is 0 Å². The molecule has 1 amide bonds. The van der Waals surface area contributed by atoms with Crippen molar-refractivity contribution in [2.24, 2.45) is 0 Å². The monoisotopic (exact) mass is 476 g/mol. The van der Waals surface area contributed by atoms with E-state index in [1.165, 1.54) is 12.1 Å². The number of ether oxygens (including phenoxy) is 3. The van der Waals surface area contributed by atoms with Gasteiger partial charge in [-0.2, -0.15) is 0 Å². The third kappa shape index (κ3) is 4.91. The van der Waals surface area contributed by atoms with Crippen molar-refractivity contribution in [1.82, 2.24) is 4.90 Å². The first-order valence-corrected chi connectivity index (χ1v) is 11.3. The van der Waals surface area contributed by atoms with E-state index in [0.717, 1.165) is 22.3 Å². The summed E-state index contributed by atoms with van der Waals surface area (Å²) < 4.78 is 17.2. The maximum Gasteiger partial charge on any atom is 0.282 e. The van der Waals surface area contributed by atoms with Gasteiger partial charge in [0.15, 0.2) is 11.5 Å². The van der Waals surface area contributed by atoms with Gasteiger partial charge in [-0.05, 0) is 72.9 Å². The first-order chi connectivity index (χ1) is 16.8. The molecule has 0 spiro atoms. The van der Waals surface area contributed by atoms with Crippen LogP contribution in [0.5, 0.6) is 17.2 Å². The number of nitrogens with zero attached hydrogens (tertiary/aromatic N) is 2. The van der Waals surface area contributed by atoms with Crippen LogP contribution in [-0.4, -0.2) is 43.1 Å². The van der Waals surface area contributed by atoms with Gasteiger partial charge in [0.25, 0.3) is 11.6 Å². The molecule has 3 aromatic rings. The summed E-state index contributed by atoms with van der Waals surface area (Å²) in [6.45, 7) is 4.56. The molecule has 0 bridgehead atoms. The first-order valence-electron chi connectivity index (χ1n) is 11.3. The Kier molecular flexibility index (Phi) is 6.91. The number of carbonyl (C=O) groups is 1. The Morgan fingerprint density at radius 1 is 1.03 bits per heavy atom. The quantitative estimate of drug-likeness (QED) is 0.350. The van der Waals surface area contributed by atoms with Crippen LogP contribution in [0.1, 0.15) is 38.7 Å². The molecule has 0 unspecified atom stereocenters. The number of rotatable bonds is 7. The van der Waals surface area contributed by atoms with Gasteiger partial charge in [0.05, 0.1) is 25.2 Å². The minimum Gasteiger partial charge on any atom is -0.493 e. The molecular formula is C27H28N2O6. The largest absolute Gasteiger partial charge is 0.493 e. The molecule has 1 aliphatic rings. The Morgan fingerprint density at radius 2 is 1.69 bits per heavy atom. The molecule has 4 rings (SSSR count). The number of methoxy groups -OCH3 is 2. The van der Waals surface area contributed by atoms with Gasteiger partial charge >= 0.3 is 0 Å². The summed E-state index contributed by atoms with van der Waals surface area (Å²) in [5, 5.41) is 11.6. The number of nitro groups is 1. The normalized spacial score (nSPS) is 14.7. The molecule has 0 N–H and O–H groups in total. The summed E-state index contributed by atoms with van der Waals surface area (Å²) in [7, 11) is 3.14. The molecule has 1 aliphatic heterocycles. The Bertz CT molecular complexity index is 1250. The second kappa shape index (κ2) is 10.0. The van der Waals surface area contributed by atoms with Gasteiger partial charge in [0.2, 0.25) is 0 Å². The summed E-state index contributed by atoms with van der Waals surface area (Å²) in [6, 6.07) is 15.3. The second-order valence-corrected chi connectivity index (χ2v) is 8.58. The van der Waals surface area contributed by atoms with E-state index < -0.39 is 16.9 Å². The summed E-state index contributed by atoms with van der Waals surface area (Å²) in [5.74, 6) is 1.45. The van der Waals surface area contributed by atoms with Crippen molar-refractivity contribution >= 4 is 11.6 Å². The van der Waals surface area contributed by atoms with E-state index in [0.29, 0.717) is 30.2 Å². The van der Waals surface area contributed by atoms with Crippen molar-refractivity contribution in [2.45, 2.75) is 26.3 Å². The lowest BCUT2D eigenvalue weighted by molar-refractivity contribution is -0.385. The van der Waals surface area contributed by atoms with Crippen molar-refractivity contribution in [3.8, 4) is 17.2 Å². The Labute approximate surface area is 204 Å². The summed E-state index contributed by atoms with van der Waals surface area (Å²) in [4.78, 5) is 26.4. The van der Waals surface area contributed by atoms with Crippen LogP contribution in [0.4, 0.5) is 5.69 Å². The van der Waals surface area contributed by atoms with Crippen LogP contribution in [-0.2, 0) is 6.42 Å². The van der Waals surface area contributed by atoms with E-state index >= 15 is 0 Å². The van der Waals surface area contributed by atoms with Crippen molar-refractivity contribution in [1.29, 1.82) is 0 Å². The zero-order chi connectivity index (χ0) is 25.1. The van der Waals surface area contributed by atoms with Gasteiger partial charge in [-0.1, -0.05) is 18.2 Å². The average Bonchev–Trinajstić information content (AvgIpc) is 2.85. The number of aryl methyl sites for hydroxylation is 2. The van der Waals surface area contributed by atoms with Gasteiger partial charge in [0.1, 0.15) is 17.9 Å². The highest BCUT2D eigenvalue weighted by atomic mass is 16.6. The van der Waals surface area contributed by atoms with Crippen LogP contribution in [0, 0.1) is 24.0 Å². The minimum absolute atomic E-state index is 0.0535. The molecule has 8 nitrogen and oxygen atoms in total. The molecule has 0 saturated heterocycles. The summed E-state index contributed by atoms with van der Waals surface area (Å²) >= 11 is 0. The van der Waals surface area contributed by atoms with Crippen molar-refractivity contribution in [3.63, 3.8) is 0 Å². The minimum atomic E-state index is -0.528. The SMILES string of the molecule is COc1cc2c(cc1OC)[C@H](COc1cc(C)cc(C)c1)N(C(=O)c1ccccc1[N+](=O)[O-])CC2. The summed E-state index contributed by atoms with van der Waals surface area (Å²) in [5.41, 5.74) is 3.86. The molecule has 0 radical (unpaired) electrons. The number of hydrogen-bond donors (Lipinski definition) is 0. The summed E-state index contributed by atoms with van der Waals surface area (Å²) in [6.07, 6.45) is 0.572. The molecule has 8 heteroatoms. The molecule has 0 aliphatic carbocycles. The van der Waals surface area contributed by atoms with Gasteiger partial charge in [-0.25, -0.2) is 0 Å². The highest BCUT2D eigenvalue weighted by Crippen LogP contribution is 2.39. The fourth-order valence-corrected chi connectivity index (χ4v) is 4.61. The van der Waals surface area contributed by atoms with E-state index in [9.17, 15) is 14.9 Å².